The van der Waals surface area contributed by atoms with Gasteiger partial charge in [0.2, 0.25) is 0 Å². The SMILES string of the molecule is CC(C)N1CCN(CC(=O)c2cccc(F)c2)C(=O)C1=O. The van der Waals surface area contributed by atoms with Crippen LogP contribution in [0.25, 0.3) is 0 Å². The minimum atomic E-state index is -0.681. The fourth-order valence-electron chi connectivity index (χ4n) is 2.26. The Bertz CT molecular complexity index is 586. The summed E-state index contributed by atoms with van der Waals surface area (Å²) in [5, 5.41) is 0. The van der Waals surface area contributed by atoms with Crippen LogP contribution in [0.15, 0.2) is 24.3 Å². The van der Waals surface area contributed by atoms with Crippen LogP contribution in [0.3, 0.4) is 0 Å². The van der Waals surface area contributed by atoms with Crippen LogP contribution in [0.4, 0.5) is 4.39 Å². The molecule has 2 amide bonds. The van der Waals surface area contributed by atoms with Gasteiger partial charge in [0.1, 0.15) is 5.82 Å². The van der Waals surface area contributed by atoms with Crippen molar-refractivity contribution in [1.29, 1.82) is 0 Å². The van der Waals surface area contributed by atoms with Gasteiger partial charge in [-0.15, -0.1) is 0 Å². The van der Waals surface area contributed by atoms with Gasteiger partial charge in [-0.25, -0.2) is 4.39 Å². The summed E-state index contributed by atoms with van der Waals surface area (Å²) in [4.78, 5) is 38.6. The number of ketones is 1. The Morgan fingerprint density at radius 3 is 2.57 bits per heavy atom. The summed E-state index contributed by atoms with van der Waals surface area (Å²) in [6.45, 7) is 4.17. The number of carbonyl (C=O) groups is 3. The molecule has 1 aliphatic heterocycles. The number of nitrogens with zero attached hydrogens (tertiary/aromatic N) is 2. The highest BCUT2D eigenvalue weighted by atomic mass is 19.1. The van der Waals surface area contributed by atoms with Gasteiger partial charge in [-0.2, -0.15) is 0 Å². The van der Waals surface area contributed by atoms with Gasteiger partial charge in [0, 0.05) is 24.7 Å². The number of Topliss-reactive ketones (excluding diaryl/α,β-unsaturated/α-hetero) is 1. The van der Waals surface area contributed by atoms with Crippen molar-refractivity contribution in [2.45, 2.75) is 19.9 Å². The van der Waals surface area contributed by atoms with E-state index in [1.54, 1.807) is 0 Å². The fourth-order valence-corrected chi connectivity index (χ4v) is 2.26. The number of hydrogen-bond donors (Lipinski definition) is 0. The molecule has 1 aliphatic rings. The molecule has 1 aromatic carbocycles. The number of rotatable bonds is 4. The molecule has 21 heavy (non-hydrogen) atoms. The van der Waals surface area contributed by atoms with Crippen LogP contribution in [0.1, 0.15) is 24.2 Å². The number of hydrogen-bond acceptors (Lipinski definition) is 3. The summed E-state index contributed by atoms with van der Waals surface area (Å²) in [5.41, 5.74) is 0.196. The lowest BCUT2D eigenvalue weighted by Crippen LogP contribution is -2.57. The number of halogens is 1. The smallest absolute Gasteiger partial charge is 0.312 e. The summed E-state index contributed by atoms with van der Waals surface area (Å²) >= 11 is 0. The quantitative estimate of drug-likeness (QED) is 0.616. The molecular formula is C15H17FN2O3. The van der Waals surface area contributed by atoms with E-state index in [4.69, 9.17) is 0 Å². The van der Waals surface area contributed by atoms with E-state index in [-0.39, 0.29) is 23.9 Å². The van der Waals surface area contributed by atoms with E-state index >= 15 is 0 Å². The zero-order chi connectivity index (χ0) is 15.6. The molecule has 0 bridgehead atoms. The van der Waals surface area contributed by atoms with Crippen LogP contribution in [0.2, 0.25) is 0 Å². The molecule has 0 N–H and O–H groups in total. The van der Waals surface area contributed by atoms with Crippen LogP contribution < -0.4 is 0 Å². The summed E-state index contributed by atoms with van der Waals surface area (Å²) in [6, 6.07) is 5.24. The van der Waals surface area contributed by atoms with Crippen molar-refractivity contribution in [3.05, 3.63) is 35.6 Å². The first kappa shape index (κ1) is 15.2. The average Bonchev–Trinajstić information content (AvgIpc) is 2.43. The zero-order valence-corrected chi connectivity index (χ0v) is 12.0. The van der Waals surface area contributed by atoms with Crippen molar-refractivity contribution in [2.24, 2.45) is 0 Å². The van der Waals surface area contributed by atoms with Crippen molar-refractivity contribution < 1.29 is 18.8 Å². The lowest BCUT2D eigenvalue weighted by Gasteiger charge is -2.35. The zero-order valence-electron chi connectivity index (χ0n) is 12.0. The molecular weight excluding hydrogens is 275 g/mol. The molecule has 1 fully saturated rings. The normalized spacial score (nSPS) is 15.8. The van der Waals surface area contributed by atoms with Crippen LogP contribution in [0, 0.1) is 5.82 Å². The molecule has 1 aromatic rings. The Balaban J connectivity index is 2.06. The lowest BCUT2D eigenvalue weighted by atomic mass is 10.1. The third-order valence-electron chi connectivity index (χ3n) is 3.45. The van der Waals surface area contributed by atoms with Gasteiger partial charge < -0.3 is 9.80 Å². The van der Waals surface area contributed by atoms with Crippen molar-refractivity contribution in [1.82, 2.24) is 9.80 Å². The van der Waals surface area contributed by atoms with E-state index in [9.17, 15) is 18.8 Å². The van der Waals surface area contributed by atoms with Crippen LogP contribution >= 0.6 is 0 Å². The molecule has 0 aromatic heterocycles. The molecule has 0 radical (unpaired) electrons. The Labute approximate surface area is 122 Å². The topological polar surface area (TPSA) is 57.7 Å². The Morgan fingerprint density at radius 2 is 1.95 bits per heavy atom. The minimum absolute atomic E-state index is 0.0532. The molecule has 0 spiro atoms. The molecule has 0 atom stereocenters. The average molecular weight is 292 g/mol. The standard InChI is InChI=1S/C15H17FN2O3/c1-10(2)18-7-6-17(14(20)15(18)21)9-13(19)11-4-3-5-12(16)8-11/h3-5,8,10H,6-7,9H2,1-2H3. The molecule has 0 aliphatic carbocycles. The molecule has 1 heterocycles. The first-order valence-electron chi connectivity index (χ1n) is 6.79. The molecule has 112 valence electrons. The number of benzene rings is 1. The lowest BCUT2D eigenvalue weighted by molar-refractivity contribution is -0.156. The largest absolute Gasteiger partial charge is 0.330 e. The van der Waals surface area contributed by atoms with Crippen LogP contribution in [0.5, 0.6) is 0 Å². The van der Waals surface area contributed by atoms with E-state index in [0.29, 0.717) is 13.1 Å². The maximum absolute atomic E-state index is 13.1. The highest BCUT2D eigenvalue weighted by Crippen LogP contribution is 2.11. The van der Waals surface area contributed by atoms with Gasteiger partial charge in [0.15, 0.2) is 5.78 Å². The van der Waals surface area contributed by atoms with Crippen LogP contribution in [-0.4, -0.2) is 53.1 Å². The summed E-state index contributed by atoms with van der Waals surface area (Å²) in [7, 11) is 0. The minimum Gasteiger partial charge on any atom is -0.330 e. The van der Waals surface area contributed by atoms with Crippen molar-refractivity contribution >= 4 is 17.6 Å². The number of amides is 2. The fraction of sp³-hybridized carbons (Fsp3) is 0.400. The Morgan fingerprint density at radius 1 is 1.24 bits per heavy atom. The second-order valence-corrected chi connectivity index (χ2v) is 5.25. The first-order chi connectivity index (χ1) is 9.90. The van der Waals surface area contributed by atoms with E-state index < -0.39 is 17.6 Å². The second kappa shape index (κ2) is 6.03. The molecule has 5 nitrogen and oxygen atoms in total. The molecule has 2 rings (SSSR count). The summed E-state index contributed by atoms with van der Waals surface area (Å²) < 4.78 is 13.1. The van der Waals surface area contributed by atoms with Crippen molar-refractivity contribution in [3.63, 3.8) is 0 Å². The van der Waals surface area contributed by atoms with Gasteiger partial charge in [-0.1, -0.05) is 12.1 Å². The highest BCUT2D eigenvalue weighted by molar-refractivity contribution is 6.35. The van der Waals surface area contributed by atoms with Gasteiger partial charge in [-0.3, -0.25) is 14.4 Å². The summed E-state index contributed by atoms with van der Waals surface area (Å²) in [6.07, 6.45) is 0. The van der Waals surface area contributed by atoms with Crippen LogP contribution in [-0.2, 0) is 9.59 Å². The van der Waals surface area contributed by atoms with Gasteiger partial charge in [-0.05, 0) is 26.0 Å². The molecule has 0 unspecified atom stereocenters. The molecule has 0 saturated carbocycles. The highest BCUT2D eigenvalue weighted by Gasteiger charge is 2.34. The second-order valence-electron chi connectivity index (χ2n) is 5.25. The number of carbonyl (C=O) groups excluding carboxylic acids is 3. The van der Waals surface area contributed by atoms with Gasteiger partial charge >= 0.3 is 11.8 Å². The van der Waals surface area contributed by atoms with Gasteiger partial charge in [0.05, 0.1) is 6.54 Å². The third-order valence-corrected chi connectivity index (χ3v) is 3.45. The van der Waals surface area contributed by atoms with Crippen molar-refractivity contribution in [3.8, 4) is 0 Å². The maximum Gasteiger partial charge on any atom is 0.312 e. The maximum atomic E-state index is 13.1. The molecule has 6 heteroatoms. The van der Waals surface area contributed by atoms with E-state index in [1.807, 2.05) is 13.8 Å². The van der Waals surface area contributed by atoms with E-state index in [0.717, 1.165) is 6.07 Å². The summed E-state index contributed by atoms with van der Waals surface area (Å²) in [5.74, 6) is -2.16. The van der Waals surface area contributed by atoms with E-state index in [2.05, 4.69) is 0 Å². The first-order valence-corrected chi connectivity index (χ1v) is 6.79. The number of piperazine rings is 1. The predicted octanol–water partition coefficient (Wildman–Crippen LogP) is 1.09. The Hall–Kier alpha value is -2.24. The van der Waals surface area contributed by atoms with Crippen molar-refractivity contribution in [2.75, 3.05) is 19.6 Å². The third kappa shape index (κ3) is 3.26. The van der Waals surface area contributed by atoms with Gasteiger partial charge in [0.25, 0.3) is 0 Å². The monoisotopic (exact) mass is 292 g/mol. The Kier molecular flexibility index (Phi) is 4.35. The predicted molar refractivity (Wildman–Crippen MR) is 74.2 cm³/mol. The molecule has 1 saturated heterocycles. The van der Waals surface area contributed by atoms with E-state index in [1.165, 1.54) is 28.0 Å².